The highest BCUT2D eigenvalue weighted by Gasteiger charge is 2.09. The number of carbonyl (C=O) groups is 2. The third-order valence-corrected chi connectivity index (χ3v) is 2.99. The lowest BCUT2D eigenvalue weighted by atomic mass is 10.1. The van der Waals surface area contributed by atoms with Crippen LogP contribution in [0.4, 0.5) is 0 Å². The van der Waals surface area contributed by atoms with Crippen LogP contribution in [0.3, 0.4) is 0 Å². The molecule has 0 amide bonds. The van der Waals surface area contributed by atoms with Gasteiger partial charge < -0.3 is 14.2 Å². The molecule has 0 heterocycles. The fourth-order valence-electron chi connectivity index (χ4n) is 1.90. The van der Waals surface area contributed by atoms with Crippen LogP contribution in [0.5, 0.6) is 17.2 Å². The zero-order valence-corrected chi connectivity index (χ0v) is 13.1. The van der Waals surface area contributed by atoms with Crippen molar-refractivity contribution in [2.45, 2.75) is 13.8 Å². The van der Waals surface area contributed by atoms with Gasteiger partial charge in [-0.25, -0.2) is 4.79 Å². The zero-order chi connectivity index (χ0) is 16.7. The summed E-state index contributed by atoms with van der Waals surface area (Å²) in [5, 5.41) is 0. The molecule has 0 radical (unpaired) electrons. The van der Waals surface area contributed by atoms with Crippen LogP contribution in [-0.4, -0.2) is 25.0 Å². The van der Waals surface area contributed by atoms with Gasteiger partial charge in [-0.1, -0.05) is 12.1 Å². The van der Waals surface area contributed by atoms with E-state index in [0.29, 0.717) is 29.4 Å². The van der Waals surface area contributed by atoms with Crippen LogP contribution in [-0.2, 0) is 4.79 Å². The summed E-state index contributed by atoms with van der Waals surface area (Å²) in [7, 11) is 0. The molecule has 0 atom stereocenters. The number of hydrogen-bond donors (Lipinski definition) is 0. The molecule has 0 aliphatic carbocycles. The van der Waals surface area contributed by atoms with E-state index in [-0.39, 0.29) is 12.4 Å². The van der Waals surface area contributed by atoms with E-state index in [4.69, 9.17) is 14.2 Å². The third-order valence-electron chi connectivity index (χ3n) is 2.99. The van der Waals surface area contributed by atoms with Gasteiger partial charge in [-0.3, -0.25) is 4.79 Å². The predicted molar refractivity (Wildman–Crippen MR) is 85.2 cm³/mol. The van der Waals surface area contributed by atoms with Gasteiger partial charge in [0, 0.05) is 5.56 Å². The summed E-state index contributed by atoms with van der Waals surface area (Å²) in [5.74, 6) is 0.846. The van der Waals surface area contributed by atoms with Crippen molar-refractivity contribution in [2.75, 3.05) is 13.2 Å². The maximum atomic E-state index is 11.8. The summed E-state index contributed by atoms with van der Waals surface area (Å²) in [4.78, 5) is 23.0. The minimum Gasteiger partial charge on any atom is -0.490 e. The Morgan fingerprint density at radius 3 is 2.09 bits per heavy atom. The highest BCUT2D eigenvalue weighted by Crippen LogP contribution is 2.26. The van der Waals surface area contributed by atoms with E-state index in [1.165, 1.54) is 6.92 Å². The van der Waals surface area contributed by atoms with E-state index in [1.807, 2.05) is 13.0 Å². The van der Waals surface area contributed by atoms with Crippen molar-refractivity contribution in [1.82, 2.24) is 0 Å². The maximum absolute atomic E-state index is 11.8. The molecule has 2 aromatic carbocycles. The lowest BCUT2D eigenvalue weighted by molar-refractivity contribution is -0.136. The molecular formula is C18H18O5. The van der Waals surface area contributed by atoms with E-state index < -0.39 is 5.97 Å². The molecule has 0 unspecified atom stereocenters. The highest BCUT2D eigenvalue weighted by molar-refractivity contribution is 5.94. The van der Waals surface area contributed by atoms with E-state index >= 15 is 0 Å². The second-order valence-corrected chi connectivity index (χ2v) is 4.72. The summed E-state index contributed by atoms with van der Waals surface area (Å²) in [6.45, 7) is 3.62. The molecule has 23 heavy (non-hydrogen) atoms. The molecule has 0 aromatic heterocycles. The predicted octanol–water partition coefficient (Wildman–Crippen LogP) is 3.27. The van der Waals surface area contributed by atoms with Crippen molar-refractivity contribution < 1.29 is 23.8 Å². The Kier molecular flexibility index (Phi) is 5.74. The first-order chi connectivity index (χ1) is 11.1. The van der Waals surface area contributed by atoms with Crippen LogP contribution in [0.1, 0.15) is 24.2 Å². The van der Waals surface area contributed by atoms with Crippen molar-refractivity contribution in [3.63, 3.8) is 0 Å². The molecule has 0 bridgehead atoms. The maximum Gasteiger partial charge on any atom is 0.349 e. The number of rotatable bonds is 7. The van der Waals surface area contributed by atoms with Gasteiger partial charge in [0.05, 0.1) is 6.61 Å². The minimum atomic E-state index is -0.535. The molecule has 2 aromatic rings. The topological polar surface area (TPSA) is 61.8 Å². The Hall–Kier alpha value is -2.82. The number of ether oxygens (including phenoxy) is 3. The number of hydrogen-bond acceptors (Lipinski definition) is 5. The van der Waals surface area contributed by atoms with Crippen LogP contribution < -0.4 is 14.2 Å². The summed E-state index contributed by atoms with van der Waals surface area (Å²) < 4.78 is 16.0. The van der Waals surface area contributed by atoms with Gasteiger partial charge in [-0.05, 0) is 50.2 Å². The monoisotopic (exact) mass is 314 g/mol. The van der Waals surface area contributed by atoms with E-state index in [2.05, 4.69) is 0 Å². The van der Waals surface area contributed by atoms with Gasteiger partial charge in [0.15, 0.2) is 23.9 Å². The Balaban J connectivity index is 1.91. The number of ketones is 1. The Morgan fingerprint density at radius 2 is 1.52 bits per heavy atom. The standard InChI is InChI=1S/C18H18O5/c1-3-21-16-6-4-5-7-17(16)22-12-18(20)23-15-10-8-14(9-11-15)13(2)19/h4-11H,3,12H2,1-2H3. The van der Waals surface area contributed by atoms with Crippen LogP contribution in [0.25, 0.3) is 0 Å². The lowest BCUT2D eigenvalue weighted by Crippen LogP contribution is -2.18. The van der Waals surface area contributed by atoms with Crippen LogP contribution in [0, 0.1) is 0 Å². The van der Waals surface area contributed by atoms with Crippen molar-refractivity contribution in [1.29, 1.82) is 0 Å². The molecule has 2 rings (SSSR count). The largest absolute Gasteiger partial charge is 0.490 e. The summed E-state index contributed by atoms with van der Waals surface area (Å²) >= 11 is 0. The molecule has 0 spiro atoms. The van der Waals surface area contributed by atoms with Gasteiger partial charge in [0.1, 0.15) is 5.75 Å². The second kappa shape index (κ2) is 7.98. The number of para-hydroxylation sites is 2. The first-order valence-electron chi connectivity index (χ1n) is 7.26. The van der Waals surface area contributed by atoms with Crippen molar-refractivity contribution >= 4 is 11.8 Å². The van der Waals surface area contributed by atoms with Crippen LogP contribution in [0.2, 0.25) is 0 Å². The Bertz CT molecular complexity index is 676. The molecular weight excluding hydrogens is 296 g/mol. The summed E-state index contributed by atoms with van der Waals surface area (Å²) in [5.41, 5.74) is 0.562. The van der Waals surface area contributed by atoms with Gasteiger partial charge >= 0.3 is 5.97 Å². The third kappa shape index (κ3) is 4.85. The molecule has 0 saturated heterocycles. The number of carbonyl (C=O) groups excluding carboxylic acids is 2. The summed E-state index contributed by atoms with van der Waals surface area (Å²) in [6.07, 6.45) is 0. The fraction of sp³-hybridized carbons (Fsp3) is 0.222. The smallest absolute Gasteiger partial charge is 0.349 e. The number of benzene rings is 2. The first-order valence-corrected chi connectivity index (χ1v) is 7.26. The second-order valence-electron chi connectivity index (χ2n) is 4.72. The molecule has 5 nitrogen and oxygen atoms in total. The molecule has 120 valence electrons. The highest BCUT2D eigenvalue weighted by atomic mass is 16.6. The van der Waals surface area contributed by atoms with Crippen LogP contribution >= 0.6 is 0 Å². The van der Waals surface area contributed by atoms with E-state index in [9.17, 15) is 9.59 Å². The zero-order valence-electron chi connectivity index (χ0n) is 13.1. The van der Waals surface area contributed by atoms with Gasteiger partial charge in [0.25, 0.3) is 0 Å². The van der Waals surface area contributed by atoms with Crippen molar-refractivity contribution in [2.24, 2.45) is 0 Å². The van der Waals surface area contributed by atoms with Gasteiger partial charge in [-0.15, -0.1) is 0 Å². The van der Waals surface area contributed by atoms with Crippen LogP contribution in [0.15, 0.2) is 48.5 Å². The van der Waals surface area contributed by atoms with Crippen molar-refractivity contribution in [3.8, 4) is 17.2 Å². The quantitative estimate of drug-likeness (QED) is 0.446. The van der Waals surface area contributed by atoms with E-state index in [1.54, 1.807) is 42.5 Å². The fourth-order valence-corrected chi connectivity index (χ4v) is 1.90. The van der Waals surface area contributed by atoms with Gasteiger partial charge in [-0.2, -0.15) is 0 Å². The molecule has 0 N–H and O–H groups in total. The molecule has 0 saturated carbocycles. The Labute approximate surface area is 134 Å². The average Bonchev–Trinajstić information content (AvgIpc) is 2.55. The SMILES string of the molecule is CCOc1ccccc1OCC(=O)Oc1ccc(C(C)=O)cc1. The average molecular weight is 314 g/mol. The van der Waals surface area contributed by atoms with Gasteiger partial charge in [0.2, 0.25) is 0 Å². The number of esters is 1. The molecule has 0 aliphatic rings. The van der Waals surface area contributed by atoms with E-state index in [0.717, 1.165) is 0 Å². The minimum absolute atomic E-state index is 0.0428. The lowest BCUT2D eigenvalue weighted by Gasteiger charge is -2.11. The van der Waals surface area contributed by atoms with Crippen molar-refractivity contribution in [3.05, 3.63) is 54.1 Å². The molecule has 5 heteroatoms. The molecule has 0 aliphatic heterocycles. The first kappa shape index (κ1) is 16.5. The Morgan fingerprint density at radius 1 is 0.913 bits per heavy atom. The summed E-state index contributed by atoms with van der Waals surface area (Å²) in [6, 6.07) is 13.5. The number of Topliss-reactive ketones (excluding diaryl/α,β-unsaturated/α-hetero) is 1. The normalized spacial score (nSPS) is 10.0. The molecule has 0 fully saturated rings.